The van der Waals surface area contributed by atoms with Crippen LogP contribution in [-0.4, -0.2) is 37.2 Å². The zero-order valence-electron chi connectivity index (χ0n) is 8.01. The van der Waals surface area contributed by atoms with Crippen LogP contribution in [0.5, 0.6) is 0 Å². The van der Waals surface area contributed by atoms with Crippen molar-refractivity contribution in [3.05, 3.63) is 18.1 Å². The third-order valence-corrected chi connectivity index (χ3v) is 1.83. The van der Waals surface area contributed by atoms with Crippen LogP contribution >= 0.6 is 0 Å². The third kappa shape index (κ3) is 1.58. The molecule has 7 heteroatoms. The number of carboxylic acid groups (broad SMARTS) is 1. The number of nitrogens with zero attached hydrogens (tertiary/aromatic N) is 4. The summed E-state index contributed by atoms with van der Waals surface area (Å²) in [6, 6.07) is 1.42. The summed E-state index contributed by atoms with van der Waals surface area (Å²) in [7, 11) is 0. The maximum absolute atomic E-state index is 10.8. The average Bonchev–Trinajstić information content (AvgIpc) is 2.65. The summed E-state index contributed by atoms with van der Waals surface area (Å²) in [5, 5.41) is 15.7. The number of carboxylic acids is 1. The second kappa shape index (κ2) is 3.52. The standard InChI is InChI=1S/C8H9N5O2/c1-2-9-6-3-5(7(14)15)12-8-10-4-11-13(6)8/h3-4,9H,2H2,1H3,(H,14,15). The van der Waals surface area contributed by atoms with Crippen molar-refractivity contribution < 1.29 is 9.90 Å². The van der Waals surface area contributed by atoms with Crippen molar-refractivity contribution in [3.8, 4) is 0 Å². The van der Waals surface area contributed by atoms with Crippen molar-refractivity contribution in [3.63, 3.8) is 0 Å². The van der Waals surface area contributed by atoms with E-state index in [4.69, 9.17) is 5.11 Å². The van der Waals surface area contributed by atoms with Crippen LogP contribution in [-0.2, 0) is 0 Å². The van der Waals surface area contributed by atoms with Gasteiger partial charge in [0.15, 0.2) is 5.69 Å². The molecule has 0 radical (unpaired) electrons. The minimum absolute atomic E-state index is 0.0496. The summed E-state index contributed by atoms with van der Waals surface area (Å²) in [4.78, 5) is 18.4. The number of fused-ring (bicyclic) bond motifs is 1. The van der Waals surface area contributed by atoms with E-state index >= 15 is 0 Å². The normalized spacial score (nSPS) is 10.5. The van der Waals surface area contributed by atoms with Gasteiger partial charge in [-0.15, -0.1) is 0 Å². The molecule has 2 heterocycles. The van der Waals surface area contributed by atoms with Crippen LogP contribution in [0.3, 0.4) is 0 Å². The molecule has 78 valence electrons. The number of aromatic nitrogens is 4. The van der Waals surface area contributed by atoms with E-state index in [0.717, 1.165) is 0 Å². The van der Waals surface area contributed by atoms with Gasteiger partial charge < -0.3 is 10.4 Å². The van der Waals surface area contributed by atoms with Crippen LogP contribution < -0.4 is 5.32 Å². The van der Waals surface area contributed by atoms with Crippen molar-refractivity contribution in [2.45, 2.75) is 6.92 Å². The van der Waals surface area contributed by atoms with Crippen LogP contribution in [0.25, 0.3) is 5.78 Å². The predicted octanol–water partition coefficient (Wildman–Crippen LogP) is 0.254. The molecule has 0 spiro atoms. The van der Waals surface area contributed by atoms with Gasteiger partial charge in [0.1, 0.15) is 12.1 Å². The fourth-order valence-electron chi connectivity index (χ4n) is 1.23. The Morgan fingerprint density at radius 1 is 1.67 bits per heavy atom. The molecule has 15 heavy (non-hydrogen) atoms. The van der Waals surface area contributed by atoms with Crippen LogP contribution in [0.1, 0.15) is 17.4 Å². The Morgan fingerprint density at radius 3 is 3.13 bits per heavy atom. The van der Waals surface area contributed by atoms with E-state index in [0.29, 0.717) is 12.4 Å². The van der Waals surface area contributed by atoms with Crippen LogP contribution in [0.2, 0.25) is 0 Å². The summed E-state index contributed by atoms with van der Waals surface area (Å²) in [6.07, 6.45) is 1.33. The second-order valence-electron chi connectivity index (χ2n) is 2.83. The largest absolute Gasteiger partial charge is 0.477 e. The highest BCUT2D eigenvalue weighted by Gasteiger charge is 2.11. The molecule has 7 nitrogen and oxygen atoms in total. The van der Waals surface area contributed by atoms with E-state index in [1.807, 2.05) is 6.92 Å². The van der Waals surface area contributed by atoms with Crippen molar-refractivity contribution in [2.24, 2.45) is 0 Å². The second-order valence-corrected chi connectivity index (χ2v) is 2.83. The summed E-state index contributed by atoms with van der Waals surface area (Å²) >= 11 is 0. The first-order valence-electron chi connectivity index (χ1n) is 4.40. The highest BCUT2D eigenvalue weighted by atomic mass is 16.4. The molecular weight excluding hydrogens is 198 g/mol. The van der Waals surface area contributed by atoms with E-state index in [1.54, 1.807) is 0 Å². The quantitative estimate of drug-likeness (QED) is 0.749. The summed E-state index contributed by atoms with van der Waals surface area (Å²) in [5.41, 5.74) is -0.0496. The maximum atomic E-state index is 10.8. The highest BCUT2D eigenvalue weighted by molar-refractivity contribution is 5.86. The monoisotopic (exact) mass is 207 g/mol. The summed E-state index contributed by atoms with van der Waals surface area (Å²) in [6.45, 7) is 2.57. The number of nitrogens with one attached hydrogen (secondary N) is 1. The van der Waals surface area contributed by atoms with E-state index in [1.165, 1.54) is 16.9 Å². The first-order chi connectivity index (χ1) is 7.22. The Morgan fingerprint density at radius 2 is 2.47 bits per heavy atom. The highest BCUT2D eigenvalue weighted by Crippen LogP contribution is 2.10. The number of carbonyl (C=O) groups is 1. The Balaban J connectivity index is 2.63. The van der Waals surface area contributed by atoms with E-state index in [9.17, 15) is 4.79 Å². The van der Waals surface area contributed by atoms with E-state index in [2.05, 4.69) is 20.4 Å². The predicted molar refractivity (Wildman–Crippen MR) is 51.9 cm³/mol. The van der Waals surface area contributed by atoms with Crippen molar-refractivity contribution >= 4 is 17.6 Å². The Kier molecular flexibility index (Phi) is 2.20. The Bertz CT molecular complexity index is 507. The van der Waals surface area contributed by atoms with Gasteiger partial charge in [-0.3, -0.25) is 0 Å². The van der Waals surface area contributed by atoms with Gasteiger partial charge in [0.25, 0.3) is 5.78 Å². The molecule has 0 unspecified atom stereocenters. The molecular formula is C8H9N5O2. The molecule has 2 rings (SSSR count). The van der Waals surface area contributed by atoms with Gasteiger partial charge in [-0.05, 0) is 6.92 Å². The molecule has 0 saturated carbocycles. The Hall–Kier alpha value is -2.18. The van der Waals surface area contributed by atoms with Gasteiger partial charge in [0.05, 0.1) is 0 Å². The first kappa shape index (κ1) is 9.38. The number of hydrogen-bond acceptors (Lipinski definition) is 5. The molecule has 0 saturated heterocycles. The Labute approximate surface area is 84.8 Å². The molecule has 0 aliphatic heterocycles. The van der Waals surface area contributed by atoms with Gasteiger partial charge in [-0.25, -0.2) is 9.78 Å². The minimum atomic E-state index is -1.08. The van der Waals surface area contributed by atoms with Crippen LogP contribution in [0.15, 0.2) is 12.4 Å². The van der Waals surface area contributed by atoms with Gasteiger partial charge in [-0.1, -0.05) is 0 Å². The third-order valence-electron chi connectivity index (χ3n) is 1.83. The van der Waals surface area contributed by atoms with Gasteiger partial charge in [0.2, 0.25) is 0 Å². The molecule has 0 amide bonds. The molecule has 2 aromatic rings. The van der Waals surface area contributed by atoms with Gasteiger partial charge in [-0.2, -0.15) is 14.6 Å². The average molecular weight is 207 g/mol. The first-order valence-corrected chi connectivity index (χ1v) is 4.40. The lowest BCUT2D eigenvalue weighted by Crippen LogP contribution is -2.09. The summed E-state index contributed by atoms with van der Waals surface area (Å²) < 4.78 is 1.45. The topological polar surface area (TPSA) is 92.4 Å². The number of hydrogen-bond donors (Lipinski definition) is 2. The maximum Gasteiger partial charge on any atom is 0.354 e. The molecule has 0 bridgehead atoms. The molecule has 0 aliphatic carbocycles. The van der Waals surface area contributed by atoms with E-state index < -0.39 is 5.97 Å². The molecule has 0 atom stereocenters. The van der Waals surface area contributed by atoms with Crippen molar-refractivity contribution in [1.29, 1.82) is 0 Å². The lowest BCUT2D eigenvalue weighted by molar-refractivity contribution is 0.0690. The fourth-order valence-corrected chi connectivity index (χ4v) is 1.23. The lowest BCUT2D eigenvalue weighted by Gasteiger charge is -2.05. The molecule has 0 aliphatic rings. The number of rotatable bonds is 3. The smallest absolute Gasteiger partial charge is 0.354 e. The molecule has 2 aromatic heterocycles. The zero-order chi connectivity index (χ0) is 10.8. The minimum Gasteiger partial charge on any atom is -0.477 e. The van der Waals surface area contributed by atoms with Gasteiger partial charge >= 0.3 is 5.97 Å². The molecule has 0 aromatic carbocycles. The van der Waals surface area contributed by atoms with Crippen molar-refractivity contribution in [1.82, 2.24) is 19.6 Å². The molecule has 2 N–H and O–H groups in total. The number of aromatic carboxylic acids is 1. The zero-order valence-corrected chi connectivity index (χ0v) is 8.01. The fraction of sp³-hybridized carbons (Fsp3) is 0.250. The van der Waals surface area contributed by atoms with Gasteiger partial charge in [0, 0.05) is 12.6 Å². The van der Waals surface area contributed by atoms with Crippen LogP contribution in [0.4, 0.5) is 5.82 Å². The molecule has 0 fully saturated rings. The number of anilines is 1. The lowest BCUT2D eigenvalue weighted by atomic mass is 10.4. The SMILES string of the molecule is CCNc1cc(C(=O)O)nc2ncnn12. The van der Waals surface area contributed by atoms with Crippen molar-refractivity contribution in [2.75, 3.05) is 11.9 Å². The summed E-state index contributed by atoms with van der Waals surface area (Å²) in [5.74, 6) is -0.247. The van der Waals surface area contributed by atoms with E-state index in [-0.39, 0.29) is 11.5 Å². The van der Waals surface area contributed by atoms with Crippen LogP contribution in [0, 0.1) is 0 Å².